The summed E-state index contributed by atoms with van der Waals surface area (Å²) in [5, 5.41) is 7.68. The molecule has 0 saturated heterocycles. The maximum atomic E-state index is 14.7. The van der Waals surface area contributed by atoms with Crippen LogP contribution in [0.4, 0.5) is 4.39 Å². The van der Waals surface area contributed by atoms with Crippen molar-refractivity contribution in [2.75, 3.05) is 0 Å². The number of terminal acetylenes is 1. The Hall–Kier alpha value is -3.70. The molecule has 0 spiro atoms. The van der Waals surface area contributed by atoms with E-state index in [-0.39, 0.29) is 22.4 Å². The van der Waals surface area contributed by atoms with E-state index < -0.39 is 15.8 Å². The molecule has 1 fully saturated rings. The molecule has 6 nitrogen and oxygen atoms in total. The van der Waals surface area contributed by atoms with Crippen molar-refractivity contribution in [2.24, 2.45) is 0 Å². The number of hydrogen-bond acceptors (Lipinski definition) is 4. The van der Waals surface area contributed by atoms with Gasteiger partial charge in [0.05, 0.1) is 11.2 Å². The summed E-state index contributed by atoms with van der Waals surface area (Å²) >= 11 is 0. The number of hydrogen-bond donors (Lipinski definition) is 1. The lowest BCUT2D eigenvalue weighted by atomic mass is 9.96. The molecule has 0 bridgehead atoms. The van der Waals surface area contributed by atoms with Crippen LogP contribution in [0.25, 0.3) is 22.0 Å². The molecule has 0 aliphatic heterocycles. The van der Waals surface area contributed by atoms with E-state index in [4.69, 9.17) is 6.42 Å². The summed E-state index contributed by atoms with van der Waals surface area (Å²) in [7, 11) is -4.08. The normalized spacial score (nSPS) is 14.5. The molecule has 0 atom stereocenters. The highest BCUT2D eigenvalue weighted by molar-refractivity contribution is 7.94. The van der Waals surface area contributed by atoms with Crippen molar-refractivity contribution in [3.8, 4) is 23.5 Å². The van der Waals surface area contributed by atoms with Gasteiger partial charge in [0.25, 0.3) is 15.9 Å². The number of benzene rings is 2. The highest BCUT2D eigenvalue weighted by Crippen LogP contribution is 2.32. The molecule has 1 amide bonds. The lowest BCUT2D eigenvalue weighted by molar-refractivity contribution is 0.0950. The number of nitrogens with one attached hydrogen (secondary N) is 1. The Kier molecular flexibility index (Phi) is 6.15. The van der Waals surface area contributed by atoms with Gasteiger partial charge in [-0.15, -0.1) is 6.42 Å². The minimum Gasteiger partial charge on any atom is -0.349 e. The molecule has 4 rings (SSSR count). The van der Waals surface area contributed by atoms with E-state index in [1.807, 2.05) is 0 Å². The molecule has 1 aliphatic carbocycles. The molecule has 174 valence electrons. The smallest absolute Gasteiger partial charge is 0.291 e. The van der Waals surface area contributed by atoms with E-state index in [9.17, 15) is 17.6 Å². The highest BCUT2D eigenvalue weighted by Gasteiger charge is 2.26. The quantitative estimate of drug-likeness (QED) is 0.415. The molecule has 0 unspecified atom stereocenters. The molecule has 34 heavy (non-hydrogen) atoms. The second kappa shape index (κ2) is 8.92. The van der Waals surface area contributed by atoms with Crippen molar-refractivity contribution in [1.82, 2.24) is 14.5 Å². The van der Waals surface area contributed by atoms with Gasteiger partial charge in [-0.05, 0) is 80.6 Å². The van der Waals surface area contributed by atoms with Gasteiger partial charge < -0.3 is 5.32 Å². The van der Waals surface area contributed by atoms with Crippen molar-refractivity contribution in [3.63, 3.8) is 0 Å². The molecule has 3 aromatic rings. The predicted octanol–water partition coefficient (Wildman–Crippen LogP) is 4.62. The van der Waals surface area contributed by atoms with Gasteiger partial charge in [-0.3, -0.25) is 4.79 Å². The van der Waals surface area contributed by atoms with E-state index in [0.29, 0.717) is 33.3 Å². The van der Waals surface area contributed by atoms with Crippen LogP contribution in [-0.4, -0.2) is 29.6 Å². The zero-order chi connectivity index (χ0) is 24.6. The van der Waals surface area contributed by atoms with Crippen molar-refractivity contribution in [1.29, 1.82) is 0 Å². The molecule has 1 aliphatic rings. The first-order chi connectivity index (χ1) is 16.2. The summed E-state index contributed by atoms with van der Waals surface area (Å²) in [6, 6.07) is 8.10. The number of carbonyl (C=O) groups is 1. The summed E-state index contributed by atoms with van der Waals surface area (Å²) in [6.07, 6.45) is 11.9. The van der Waals surface area contributed by atoms with E-state index in [1.54, 1.807) is 57.2 Å². The molecular formula is C26H24FN3O3S. The number of aryl methyl sites for hydroxylation is 1. The van der Waals surface area contributed by atoms with Gasteiger partial charge >= 0.3 is 0 Å². The second-order valence-electron chi connectivity index (χ2n) is 8.24. The SMILES string of the molecule is C#C/C(=C\C=C/C)S(=O)(=O)n1nc(C)c2cc(-c3cc(C(=O)NC4CC4)cc(F)c3C)ccc21. The van der Waals surface area contributed by atoms with Crippen LogP contribution in [0.2, 0.25) is 0 Å². The number of nitrogens with zero attached hydrogens (tertiary/aromatic N) is 2. The fraction of sp³-hybridized carbons (Fsp3) is 0.231. The number of rotatable bonds is 6. The second-order valence-corrected chi connectivity index (χ2v) is 9.98. The number of allylic oxidation sites excluding steroid dienone is 4. The molecule has 1 aromatic heterocycles. The van der Waals surface area contributed by atoms with Crippen molar-refractivity contribution >= 4 is 26.8 Å². The Morgan fingerprint density at radius 1 is 1.26 bits per heavy atom. The first kappa shape index (κ1) is 23.5. The number of halogens is 1. The van der Waals surface area contributed by atoms with Crippen LogP contribution in [0.3, 0.4) is 0 Å². The standard InChI is InChI=1S/C26H24FN3O3S/c1-5-7-8-21(6-2)34(32,33)30-25-12-9-18(13-23(25)17(4)29-30)22-14-19(15-24(27)16(22)3)26(31)28-20-10-11-20/h2,5,7-9,12-15,20H,10-11H2,1,3-4H3,(H,28,31)/b7-5-,21-8+. The Morgan fingerprint density at radius 3 is 2.65 bits per heavy atom. The number of aromatic nitrogens is 2. The molecule has 1 saturated carbocycles. The first-order valence-electron chi connectivity index (χ1n) is 10.8. The topological polar surface area (TPSA) is 81.1 Å². The number of fused-ring (bicyclic) bond motifs is 1. The summed E-state index contributed by atoms with van der Waals surface area (Å²) in [5.74, 6) is 1.42. The first-order valence-corrected chi connectivity index (χ1v) is 12.3. The van der Waals surface area contributed by atoms with Gasteiger partial charge in [0, 0.05) is 17.0 Å². The van der Waals surface area contributed by atoms with E-state index >= 15 is 0 Å². The van der Waals surface area contributed by atoms with E-state index in [2.05, 4.69) is 16.3 Å². The zero-order valence-corrected chi connectivity index (χ0v) is 19.9. The monoisotopic (exact) mass is 477 g/mol. The van der Waals surface area contributed by atoms with Crippen LogP contribution in [0, 0.1) is 32.0 Å². The van der Waals surface area contributed by atoms with Gasteiger partial charge in [0.2, 0.25) is 0 Å². The van der Waals surface area contributed by atoms with Gasteiger partial charge in [-0.25, -0.2) is 4.39 Å². The third kappa shape index (κ3) is 4.27. The average molecular weight is 478 g/mol. The van der Waals surface area contributed by atoms with Crippen LogP contribution < -0.4 is 5.32 Å². The van der Waals surface area contributed by atoms with Crippen LogP contribution in [0.5, 0.6) is 0 Å². The van der Waals surface area contributed by atoms with E-state index in [0.717, 1.165) is 16.9 Å². The zero-order valence-electron chi connectivity index (χ0n) is 19.1. The summed E-state index contributed by atoms with van der Waals surface area (Å²) in [5.41, 5.74) is 2.66. The fourth-order valence-corrected chi connectivity index (χ4v) is 4.91. The minimum atomic E-state index is -4.08. The molecule has 1 heterocycles. The van der Waals surface area contributed by atoms with Gasteiger partial charge in [-0.1, -0.05) is 24.1 Å². The Morgan fingerprint density at radius 2 is 2.00 bits per heavy atom. The van der Waals surface area contributed by atoms with Gasteiger partial charge in [0.1, 0.15) is 10.7 Å². The largest absolute Gasteiger partial charge is 0.349 e. The van der Waals surface area contributed by atoms with Crippen LogP contribution in [0.15, 0.2) is 53.5 Å². The summed E-state index contributed by atoms with van der Waals surface area (Å²) in [4.78, 5) is 12.3. The fourth-order valence-electron chi connectivity index (χ4n) is 3.68. The Labute approximate surface area is 198 Å². The van der Waals surface area contributed by atoms with E-state index in [1.165, 1.54) is 12.1 Å². The lowest BCUT2D eigenvalue weighted by Gasteiger charge is -2.12. The molecule has 0 radical (unpaired) electrons. The van der Waals surface area contributed by atoms with Crippen LogP contribution in [0.1, 0.15) is 41.4 Å². The lowest BCUT2D eigenvalue weighted by Crippen LogP contribution is -2.25. The van der Waals surface area contributed by atoms with Crippen molar-refractivity contribution in [2.45, 2.75) is 39.7 Å². The molecule has 1 N–H and O–H groups in total. The third-order valence-corrected chi connectivity index (χ3v) is 7.29. The highest BCUT2D eigenvalue weighted by atomic mass is 32.2. The Bertz CT molecular complexity index is 1520. The van der Waals surface area contributed by atoms with Gasteiger partial charge in [0.15, 0.2) is 0 Å². The van der Waals surface area contributed by atoms with Crippen molar-refractivity contribution < 1.29 is 17.6 Å². The summed E-state index contributed by atoms with van der Waals surface area (Å²) in [6.45, 7) is 5.08. The third-order valence-electron chi connectivity index (χ3n) is 5.75. The number of amides is 1. The maximum Gasteiger partial charge on any atom is 0.291 e. The Balaban J connectivity index is 1.82. The summed E-state index contributed by atoms with van der Waals surface area (Å²) < 4.78 is 41.9. The van der Waals surface area contributed by atoms with Crippen LogP contribution in [-0.2, 0) is 10.0 Å². The minimum absolute atomic E-state index is 0.155. The predicted molar refractivity (Wildman–Crippen MR) is 131 cm³/mol. The molecule has 2 aromatic carbocycles. The van der Waals surface area contributed by atoms with Crippen molar-refractivity contribution in [3.05, 3.63) is 76.1 Å². The molecular weight excluding hydrogens is 453 g/mol. The average Bonchev–Trinajstić information content (AvgIpc) is 3.56. The van der Waals surface area contributed by atoms with Gasteiger partial charge in [-0.2, -0.15) is 17.6 Å². The molecule has 8 heteroatoms. The maximum absolute atomic E-state index is 14.7. The number of carbonyl (C=O) groups excluding carboxylic acids is 1. The van der Waals surface area contributed by atoms with Crippen LogP contribution >= 0.6 is 0 Å².